The Kier molecular flexibility index (Phi) is 4.14. The van der Waals surface area contributed by atoms with Gasteiger partial charge < -0.3 is 10.1 Å². The van der Waals surface area contributed by atoms with Crippen LogP contribution in [-0.2, 0) is 4.74 Å². The van der Waals surface area contributed by atoms with Gasteiger partial charge in [0.1, 0.15) is 0 Å². The molecular weight excluding hydrogens is 174 g/mol. The molecule has 2 unspecified atom stereocenters. The Morgan fingerprint density at radius 1 is 1.57 bits per heavy atom. The van der Waals surface area contributed by atoms with Crippen LogP contribution in [0.4, 0.5) is 0 Å². The van der Waals surface area contributed by atoms with Crippen molar-refractivity contribution in [2.75, 3.05) is 13.2 Å². The van der Waals surface area contributed by atoms with E-state index in [0.717, 1.165) is 19.6 Å². The molecule has 0 bridgehead atoms. The van der Waals surface area contributed by atoms with E-state index in [4.69, 9.17) is 4.74 Å². The Balaban J connectivity index is 2.70. The molecule has 2 heteroatoms. The summed E-state index contributed by atoms with van der Waals surface area (Å²) >= 11 is 0. The quantitative estimate of drug-likeness (QED) is 0.699. The highest BCUT2D eigenvalue weighted by Crippen LogP contribution is 2.29. The third kappa shape index (κ3) is 2.82. The lowest BCUT2D eigenvalue weighted by Crippen LogP contribution is -2.47. The number of hydrogen-bond donors (Lipinski definition) is 1. The molecule has 2 atom stereocenters. The van der Waals surface area contributed by atoms with Crippen molar-refractivity contribution in [1.29, 1.82) is 0 Å². The first kappa shape index (κ1) is 11.7. The van der Waals surface area contributed by atoms with Gasteiger partial charge in [0.2, 0.25) is 0 Å². The molecule has 1 rings (SSSR count). The van der Waals surface area contributed by atoms with Gasteiger partial charge in [-0.2, -0.15) is 0 Å². The molecule has 1 aliphatic rings. The van der Waals surface area contributed by atoms with Crippen LogP contribution >= 0.6 is 0 Å². The highest BCUT2D eigenvalue weighted by atomic mass is 16.5. The summed E-state index contributed by atoms with van der Waals surface area (Å²) in [4.78, 5) is 0. The molecular formula is C12H23NO. The van der Waals surface area contributed by atoms with Crippen molar-refractivity contribution in [3.05, 3.63) is 11.6 Å². The molecule has 0 aromatic heterocycles. The lowest BCUT2D eigenvalue weighted by atomic mass is 9.91. The van der Waals surface area contributed by atoms with Gasteiger partial charge in [-0.05, 0) is 40.2 Å². The van der Waals surface area contributed by atoms with Crippen LogP contribution in [0.15, 0.2) is 11.6 Å². The molecule has 1 N–H and O–H groups in total. The van der Waals surface area contributed by atoms with E-state index >= 15 is 0 Å². The number of nitrogens with one attached hydrogen (secondary N) is 1. The zero-order chi connectivity index (χ0) is 10.6. The van der Waals surface area contributed by atoms with Crippen molar-refractivity contribution in [2.45, 2.75) is 52.2 Å². The van der Waals surface area contributed by atoms with Crippen LogP contribution in [0.5, 0.6) is 0 Å². The minimum Gasteiger partial charge on any atom is -0.373 e. The summed E-state index contributed by atoms with van der Waals surface area (Å²) < 4.78 is 5.85. The number of rotatable bonds is 4. The van der Waals surface area contributed by atoms with E-state index in [1.54, 1.807) is 0 Å². The fraction of sp³-hybridized carbons (Fsp3) is 0.833. The zero-order valence-electron chi connectivity index (χ0n) is 9.89. The smallest absolute Gasteiger partial charge is 0.0843 e. The van der Waals surface area contributed by atoms with Crippen LogP contribution in [0.1, 0.15) is 40.5 Å². The Bertz CT molecular complexity index is 200. The standard InChI is InChI=1S/C12H23NO/c1-5-13-11(9-10(2)3)12(4)7-6-8-14-12/h9,11,13H,5-8H2,1-4H3. The van der Waals surface area contributed by atoms with Gasteiger partial charge in [-0.3, -0.25) is 0 Å². The van der Waals surface area contributed by atoms with Gasteiger partial charge in [-0.25, -0.2) is 0 Å². The second-order valence-electron chi connectivity index (χ2n) is 4.54. The summed E-state index contributed by atoms with van der Waals surface area (Å²) in [6, 6.07) is 0.361. The summed E-state index contributed by atoms with van der Waals surface area (Å²) in [5.74, 6) is 0. The van der Waals surface area contributed by atoms with Crippen molar-refractivity contribution in [3.8, 4) is 0 Å². The van der Waals surface area contributed by atoms with Crippen LogP contribution in [-0.4, -0.2) is 24.8 Å². The highest BCUT2D eigenvalue weighted by molar-refractivity contribution is 5.09. The van der Waals surface area contributed by atoms with Gasteiger partial charge in [0.25, 0.3) is 0 Å². The van der Waals surface area contributed by atoms with Crippen molar-refractivity contribution in [3.63, 3.8) is 0 Å². The van der Waals surface area contributed by atoms with E-state index < -0.39 is 0 Å². The molecule has 0 spiro atoms. The van der Waals surface area contributed by atoms with Crippen LogP contribution in [0.25, 0.3) is 0 Å². The lowest BCUT2D eigenvalue weighted by Gasteiger charge is -2.32. The van der Waals surface area contributed by atoms with E-state index in [1.807, 2.05) is 0 Å². The van der Waals surface area contributed by atoms with Gasteiger partial charge >= 0.3 is 0 Å². The second kappa shape index (κ2) is 4.94. The van der Waals surface area contributed by atoms with Crippen LogP contribution < -0.4 is 5.32 Å². The fourth-order valence-electron chi connectivity index (χ4n) is 2.05. The summed E-state index contributed by atoms with van der Waals surface area (Å²) in [6.07, 6.45) is 4.64. The molecule has 82 valence electrons. The molecule has 0 radical (unpaired) electrons. The lowest BCUT2D eigenvalue weighted by molar-refractivity contribution is 0.00144. The molecule has 1 fully saturated rings. The molecule has 2 nitrogen and oxygen atoms in total. The predicted molar refractivity (Wildman–Crippen MR) is 60.5 cm³/mol. The molecule has 14 heavy (non-hydrogen) atoms. The molecule has 0 aromatic carbocycles. The Morgan fingerprint density at radius 2 is 2.29 bits per heavy atom. The topological polar surface area (TPSA) is 21.3 Å². The van der Waals surface area contributed by atoms with Crippen molar-refractivity contribution < 1.29 is 4.74 Å². The van der Waals surface area contributed by atoms with Crippen LogP contribution in [0.2, 0.25) is 0 Å². The molecule has 0 aromatic rings. The Morgan fingerprint density at radius 3 is 2.71 bits per heavy atom. The summed E-state index contributed by atoms with van der Waals surface area (Å²) in [6.45, 7) is 10.5. The first-order chi connectivity index (χ1) is 6.58. The Hall–Kier alpha value is -0.340. The van der Waals surface area contributed by atoms with Gasteiger partial charge in [-0.1, -0.05) is 18.6 Å². The largest absolute Gasteiger partial charge is 0.373 e. The molecule has 0 amide bonds. The van der Waals surface area contributed by atoms with E-state index in [9.17, 15) is 0 Å². The summed E-state index contributed by atoms with van der Waals surface area (Å²) in [5.41, 5.74) is 1.36. The highest BCUT2D eigenvalue weighted by Gasteiger charge is 2.36. The predicted octanol–water partition coefficient (Wildman–Crippen LogP) is 2.50. The van der Waals surface area contributed by atoms with Crippen molar-refractivity contribution in [1.82, 2.24) is 5.32 Å². The maximum atomic E-state index is 5.85. The minimum atomic E-state index is 0.00722. The second-order valence-corrected chi connectivity index (χ2v) is 4.54. The van der Waals surface area contributed by atoms with Gasteiger partial charge in [0.05, 0.1) is 11.6 Å². The third-order valence-corrected chi connectivity index (χ3v) is 2.83. The number of allylic oxidation sites excluding steroid dienone is 1. The van der Waals surface area contributed by atoms with E-state index in [1.165, 1.54) is 12.0 Å². The fourth-order valence-corrected chi connectivity index (χ4v) is 2.05. The molecule has 1 aliphatic heterocycles. The zero-order valence-corrected chi connectivity index (χ0v) is 9.89. The maximum Gasteiger partial charge on any atom is 0.0843 e. The monoisotopic (exact) mass is 197 g/mol. The van der Waals surface area contributed by atoms with Gasteiger partial charge in [-0.15, -0.1) is 0 Å². The number of likely N-dealkylation sites (N-methyl/N-ethyl adjacent to an activating group) is 1. The number of hydrogen-bond acceptors (Lipinski definition) is 2. The van der Waals surface area contributed by atoms with Crippen LogP contribution in [0.3, 0.4) is 0 Å². The normalized spacial score (nSPS) is 28.9. The first-order valence-corrected chi connectivity index (χ1v) is 5.61. The van der Waals surface area contributed by atoms with Crippen molar-refractivity contribution in [2.24, 2.45) is 0 Å². The third-order valence-electron chi connectivity index (χ3n) is 2.83. The maximum absolute atomic E-state index is 5.85. The molecule has 1 heterocycles. The number of ether oxygens (including phenoxy) is 1. The summed E-state index contributed by atoms with van der Waals surface area (Å²) in [5, 5.41) is 3.50. The first-order valence-electron chi connectivity index (χ1n) is 5.61. The van der Waals surface area contributed by atoms with Gasteiger partial charge in [0, 0.05) is 6.61 Å². The molecule has 0 aliphatic carbocycles. The van der Waals surface area contributed by atoms with E-state index in [0.29, 0.717) is 6.04 Å². The van der Waals surface area contributed by atoms with Gasteiger partial charge in [0.15, 0.2) is 0 Å². The van der Waals surface area contributed by atoms with Crippen molar-refractivity contribution >= 4 is 0 Å². The molecule has 1 saturated heterocycles. The summed E-state index contributed by atoms with van der Waals surface area (Å²) in [7, 11) is 0. The average Bonchev–Trinajstić information content (AvgIpc) is 2.52. The minimum absolute atomic E-state index is 0.00722. The van der Waals surface area contributed by atoms with E-state index in [-0.39, 0.29) is 5.60 Å². The molecule has 0 saturated carbocycles. The average molecular weight is 197 g/mol. The Labute approximate surface area is 87.7 Å². The SMILES string of the molecule is CCNC(C=C(C)C)C1(C)CCCO1. The van der Waals surface area contributed by atoms with E-state index in [2.05, 4.69) is 39.1 Å². The van der Waals surface area contributed by atoms with Crippen LogP contribution in [0, 0.1) is 0 Å².